The molecule has 1 amide bonds. The Bertz CT molecular complexity index is 1620. The molecule has 4 aromatic rings. The molecule has 2 aromatic carbocycles. The van der Waals surface area contributed by atoms with Gasteiger partial charge < -0.3 is 14.4 Å². The van der Waals surface area contributed by atoms with E-state index in [0.717, 1.165) is 30.5 Å². The summed E-state index contributed by atoms with van der Waals surface area (Å²) >= 11 is 0. The quantitative estimate of drug-likeness (QED) is 0.360. The number of pyridine rings is 1. The van der Waals surface area contributed by atoms with Crippen molar-refractivity contribution in [1.82, 2.24) is 14.3 Å². The lowest BCUT2D eigenvalue weighted by atomic mass is 9.93. The zero-order chi connectivity index (χ0) is 26.1. The smallest absolute Gasteiger partial charge is 0.307 e. The molecule has 2 aliphatic carbocycles. The van der Waals surface area contributed by atoms with Gasteiger partial charge in [0.1, 0.15) is 11.5 Å². The summed E-state index contributed by atoms with van der Waals surface area (Å²) in [4.78, 5) is 31.7. The van der Waals surface area contributed by atoms with Crippen LogP contribution in [0.3, 0.4) is 0 Å². The van der Waals surface area contributed by atoms with Crippen molar-refractivity contribution in [1.29, 1.82) is 0 Å². The van der Waals surface area contributed by atoms with Crippen LogP contribution in [0.5, 0.6) is 0 Å². The highest BCUT2D eigenvalue weighted by atomic mass is 19.1. The van der Waals surface area contributed by atoms with E-state index in [0.29, 0.717) is 41.3 Å². The number of aliphatic carboxylic acids is 1. The van der Waals surface area contributed by atoms with Crippen molar-refractivity contribution in [3.8, 4) is 11.3 Å². The monoisotopic (exact) mass is 509 g/mol. The van der Waals surface area contributed by atoms with Crippen molar-refractivity contribution in [2.75, 3.05) is 6.54 Å². The largest absolute Gasteiger partial charge is 0.481 e. The van der Waals surface area contributed by atoms with E-state index in [9.17, 15) is 14.7 Å². The predicted octanol–water partition coefficient (Wildman–Crippen LogP) is 5.97. The molecule has 0 saturated heterocycles. The van der Waals surface area contributed by atoms with Gasteiger partial charge in [0.2, 0.25) is 0 Å². The van der Waals surface area contributed by atoms with Crippen LogP contribution in [0.15, 0.2) is 60.9 Å². The Morgan fingerprint density at radius 1 is 1.05 bits per heavy atom. The number of fused-ring (bicyclic) bond motifs is 2. The fourth-order valence-corrected chi connectivity index (χ4v) is 6.09. The summed E-state index contributed by atoms with van der Waals surface area (Å²) in [5, 5.41) is 9.21. The molecule has 0 bridgehead atoms. The molecule has 3 aliphatic rings. The van der Waals surface area contributed by atoms with E-state index >= 15 is 4.39 Å². The van der Waals surface area contributed by atoms with Crippen molar-refractivity contribution < 1.29 is 19.1 Å². The van der Waals surface area contributed by atoms with Gasteiger partial charge in [-0.1, -0.05) is 30.3 Å². The number of nitrogens with zero attached hydrogens (tertiary/aromatic N) is 3. The minimum atomic E-state index is -0.832. The molecule has 0 radical (unpaired) electrons. The van der Waals surface area contributed by atoms with E-state index in [1.54, 1.807) is 12.3 Å². The molecule has 7 rings (SSSR count). The van der Waals surface area contributed by atoms with Crippen LogP contribution >= 0.6 is 0 Å². The number of halogens is 1. The number of rotatable bonds is 5. The second-order valence-corrected chi connectivity index (χ2v) is 11.0. The fraction of sp³-hybridized carbons (Fsp3) is 0.323. The number of hydrogen-bond acceptors (Lipinski definition) is 3. The Morgan fingerprint density at radius 2 is 1.87 bits per heavy atom. The third kappa shape index (κ3) is 3.80. The summed E-state index contributed by atoms with van der Waals surface area (Å²) in [6.45, 7) is 2.75. The van der Waals surface area contributed by atoms with Crippen LogP contribution in [0.2, 0.25) is 0 Å². The van der Waals surface area contributed by atoms with Crippen LogP contribution in [0.4, 0.5) is 4.39 Å². The summed E-state index contributed by atoms with van der Waals surface area (Å²) < 4.78 is 17.1. The third-order valence-corrected chi connectivity index (χ3v) is 8.50. The van der Waals surface area contributed by atoms with Crippen LogP contribution in [0.25, 0.3) is 16.9 Å². The second-order valence-electron chi connectivity index (χ2n) is 11.0. The average molecular weight is 510 g/mol. The molecular weight excluding hydrogens is 481 g/mol. The highest BCUT2D eigenvalue weighted by Crippen LogP contribution is 2.48. The van der Waals surface area contributed by atoms with Crippen molar-refractivity contribution >= 4 is 17.5 Å². The highest BCUT2D eigenvalue weighted by Gasteiger charge is 2.44. The van der Waals surface area contributed by atoms with Crippen LogP contribution < -0.4 is 0 Å². The maximum absolute atomic E-state index is 15.2. The van der Waals surface area contributed by atoms with E-state index in [1.807, 2.05) is 39.8 Å². The minimum Gasteiger partial charge on any atom is -0.481 e. The summed E-state index contributed by atoms with van der Waals surface area (Å²) in [6, 6.07) is 15.2. The summed E-state index contributed by atoms with van der Waals surface area (Å²) in [5.74, 6) is -1.44. The number of hydrogen-bond donors (Lipinski definition) is 1. The third-order valence-electron chi connectivity index (χ3n) is 8.50. The normalized spacial score (nSPS) is 22.4. The molecular formula is C31H28FN3O3. The van der Waals surface area contributed by atoms with Gasteiger partial charge in [-0.3, -0.25) is 9.59 Å². The standard InChI is InChI=1S/C31H28FN3O3/c1-17-22-5-3-2-4-18(22)10-11-35(17)30(36)21-12-25(19-6-7-19)29-33-28(16-34(29)15-21)23-9-8-20(13-27(23)32)24-14-26(24)31(37)38/h2-5,8-9,12-13,15-17,19,24,26H,6-7,10-11,14H2,1H3,(H,37,38)/t17-,24-,26+/m1/s1. The van der Waals surface area contributed by atoms with E-state index in [4.69, 9.17) is 4.98 Å². The van der Waals surface area contributed by atoms with Gasteiger partial charge in [0.05, 0.1) is 23.2 Å². The van der Waals surface area contributed by atoms with Crippen LogP contribution in [0, 0.1) is 11.7 Å². The molecule has 3 heterocycles. The summed E-state index contributed by atoms with van der Waals surface area (Å²) in [6.07, 6.45) is 7.10. The molecule has 0 spiro atoms. The van der Waals surface area contributed by atoms with Crippen LogP contribution in [0.1, 0.15) is 76.7 Å². The van der Waals surface area contributed by atoms with Gasteiger partial charge in [-0.25, -0.2) is 9.37 Å². The van der Waals surface area contributed by atoms with E-state index < -0.39 is 17.7 Å². The first-order valence-corrected chi connectivity index (χ1v) is 13.3. The second kappa shape index (κ2) is 8.51. The number of carbonyl (C=O) groups is 2. The first-order valence-electron chi connectivity index (χ1n) is 13.3. The highest BCUT2D eigenvalue weighted by molar-refractivity contribution is 5.95. The van der Waals surface area contributed by atoms with Gasteiger partial charge in [-0.2, -0.15) is 0 Å². The molecule has 7 heteroatoms. The fourth-order valence-electron chi connectivity index (χ4n) is 6.09. The number of imidazole rings is 1. The molecule has 192 valence electrons. The Kier molecular flexibility index (Phi) is 5.18. The number of carboxylic acid groups (broad SMARTS) is 1. The van der Waals surface area contributed by atoms with E-state index in [-0.39, 0.29) is 17.9 Å². The number of aromatic nitrogens is 2. The number of carboxylic acids is 1. The van der Waals surface area contributed by atoms with Crippen LogP contribution in [-0.2, 0) is 11.2 Å². The Hall–Kier alpha value is -4.00. The lowest BCUT2D eigenvalue weighted by molar-refractivity contribution is -0.138. The SMILES string of the molecule is C[C@@H]1c2ccccc2CCN1C(=O)c1cc(C2CC2)c2nc(-c3ccc([C@H]4C[C@@H]4C(=O)O)cc3F)cn2c1. The van der Waals surface area contributed by atoms with Crippen molar-refractivity contribution in [2.24, 2.45) is 5.92 Å². The maximum atomic E-state index is 15.2. The van der Waals surface area contributed by atoms with Crippen molar-refractivity contribution in [3.05, 3.63) is 94.6 Å². The Labute approximate surface area is 219 Å². The molecule has 1 N–H and O–H groups in total. The average Bonchev–Trinajstić information content (AvgIpc) is 3.84. The molecule has 6 nitrogen and oxygen atoms in total. The van der Waals surface area contributed by atoms with Gasteiger partial charge in [0.25, 0.3) is 5.91 Å². The van der Waals surface area contributed by atoms with Crippen molar-refractivity contribution in [2.45, 2.75) is 50.5 Å². The number of amides is 1. The number of carbonyl (C=O) groups excluding carboxylic acids is 1. The van der Waals surface area contributed by atoms with Gasteiger partial charge >= 0.3 is 5.97 Å². The first-order chi connectivity index (χ1) is 18.4. The summed E-state index contributed by atoms with van der Waals surface area (Å²) in [7, 11) is 0. The first kappa shape index (κ1) is 23.1. The Morgan fingerprint density at radius 3 is 2.61 bits per heavy atom. The topological polar surface area (TPSA) is 74.9 Å². The van der Waals surface area contributed by atoms with Gasteiger partial charge in [-0.05, 0) is 84.9 Å². The summed E-state index contributed by atoms with van der Waals surface area (Å²) in [5.41, 5.74) is 6.50. The maximum Gasteiger partial charge on any atom is 0.307 e. The lowest BCUT2D eigenvalue weighted by Gasteiger charge is -2.35. The molecule has 2 aromatic heterocycles. The molecule has 2 saturated carbocycles. The van der Waals surface area contributed by atoms with Gasteiger partial charge in [-0.15, -0.1) is 0 Å². The van der Waals surface area contributed by atoms with Crippen LogP contribution in [-0.4, -0.2) is 37.8 Å². The lowest BCUT2D eigenvalue weighted by Crippen LogP contribution is -2.39. The molecule has 38 heavy (non-hydrogen) atoms. The van der Waals surface area contributed by atoms with Gasteiger partial charge in [0, 0.05) is 24.5 Å². The van der Waals surface area contributed by atoms with E-state index in [2.05, 4.69) is 19.1 Å². The van der Waals surface area contributed by atoms with E-state index in [1.165, 1.54) is 17.2 Å². The number of benzene rings is 2. The molecule has 3 atom stereocenters. The molecule has 0 unspecified atom stereocenters. The minimum absolute atomic E-state index is 0.000922. The van der Waals surface area contributed by atoms with Crippen molar-refractivity contribution in [3.63, 3.8) is 0 Å². The molecule has 2 fully saturated rings. The van der Waals surface area contributed by atoms with Gasteiger partial charge in [0.15, 0.2) is 0 Å². The Balaban J connectivity index is 1.23. The zero-order valence-corrected chi connectivity index (χ0v) is 21.1. The predicted molar refractivity (Wildman–Crippen MR) is 141 cm³/mol. The molecule has 1 aliphatic heterocycles. The zero-order valence-electron chi connectivity index (χ0n) is 21.1.